The Morgan fingerprint density at radius 2 is 1.79 bits per heavy atom. The van der Waals surface area contributed by atoms with E-state index in [4.69, 9.17) is 0 Å². The SMILES string of the molecule is Cc1ccc(Br)cc1C(=O)C1CC(C)C(=O)C(C)C1. The van der Waals surface area contributed by atoms with Crippen LogP contribution < -0.4 is 0 Å². The first-order chi connectivity index (χ1) is 8.90. The molecule has 1 aromatic carbocycles. The van der Waals surface area contributed by atoms with Crippen LogP contribution in [0.1, 0.15) is 42.6 Å². The maximum Gasteiger partial charge on any atom is 0.166 e. The lowest BCUT2D eigenvalue weighted by Crippen LogP contribution is -2.33. The molecule has 0 spiro atoms. The van der Waals surface area contributed by atoms with Gasteiger partial charge in [0, 0.05) is 27.8 Å². The minimum atomic E-state index is -0.0179. The predicted octanol–water partition coefficient (Wildman–Crippen LogP) is 4.19. The summed E-state index contributed by atoms with van der Waals surface area (Å²) in [6.45, 7) is 5.83. The van der Waals surface area contributed by atoms with Gasteiger partial charge < -0.3 is 0 Å². The molecule has 1 aliphatic rings. The number of benzene rings is 1. The van der Waals surface area contributed by atoms with Gasteiger partial charge >= 0.3 is 0 Å². The predicted molar refractivity (Wildman–Crippen MR) is 79.3 cm³/mol. The molecule has 2 atom stereocenters. The van der Waals surface area contributed by atoms with Crippen LogP contribution in [0.2, 0.25) is 0 Å². The van der Waals surface area contributed by atoms with Gasteiger partial charge in [-0.3, -0.25) is 9.59 Å². The van der Waals surface area contributed by atoms with E-state index in [1.165, 1.54) is 0 Å². The van der Waals surface area contributed by atoms with E-state index in [1.807, 2.05) is 39.0 Å². The summed E-state index contributed by atoms with van der Waals surface area (Å²) >= 11 is 3.42. The fraction of sp³-hybridized carbons (Fsp3) is 0.500. The maximum atomic E-state index is 12.6. The van der Waals surface area contributed by atoms with Crippen LogP contribution in [-0.2, 0) is 4.79 Å². The van der Waals surface area contributed by atoms with Gasteiger partial charge in [-0.1, -0.05) is 35.8 Å². The smallest absolute Gasteiger partial charge is 0.166 e. The van der Waals surface area contributed by atoms with Crippen molar-refractivity contribution in [3.63, 3.8) is 0 Å². The second-order valence-corrected chi connectivity index (χ2v) is 6.61. The largest absolute Gasteiger partial charge is 0.299 e. The third-order valence-electron chi connectivity index (χ3n) is 4.08. The molecule has 1 saturated carbocycles. The lowest BCUT2D eigenvalue weighted by atomic mass is 9.73. The molecule has 0 amide bonds. The van der Waals surface area contributed by atoms with Gasteiger partial charge in [0.15, 0.2) is 5.78 Å². The number of carbonyl (C=O) groups excluding carboxylic acids is 2. The van der Waals surface area contributed by atoms with Crippen LogP contribution in [0.5, 0.6) is 0 Å². The molecule has 2 unspecified atom stereocenters. The van der Waals surface area contributed by atoms with E-state index in [2.05, 4.69) is 15.9 Å². The van der Waals surface area contributed by atoms with Crippen LogP contribution in [0.15, 0.2) is 22.7 Å². The highest BCUT2D eigenvalue weighted by Crippen LogP contribution is 2.33. The van der Waals surface area contributed by atoms with Crippen molar-refractivity contribution in [3.8, 4) is 0 Å². The van der Waals surface area contributed by atoms with Crippen molar-refractivity contribution in [1.29, 1.82) is 0 Å². The zero-order valence-electron chi connectivity index (χ0n) is 11.6. The Labute approximate surface area is 122 Å². The maximum absolute atomic E-state index is 12.6. The van der Waals surface area contributed by atoms with E-state index in [1.54, 1.807) is 0 Å². The lowest BCUT2D eigenvalue weighted by Gasteiger charge is -2.29. The first kappa shape index (κ1) is 14.4. The summed E-state index contributed by atoms with van der Waals surface area (Å²) in [7, 11) is 0. The molecule has 0 aromatic heterocycles. The van der Waals surface area contributed by atoms with Crippen LogP contribution in [0.3, 0.4) is 0 Å². The van der Waals surface area contributed by atoms with Crippen molar-refractivity contribution < 1.29 is 9.59 Å². The topological polar surface area (TPSA) is 34.1 Å². The lowest BCUT2D eigenvalue weighted by molar-refractivity contribution is -0.128. The van der Waals surface area contributed by atoms with E-state index in [9.17, 15) is 9.59 Å². The van der Waals surface area contributed by atoms with Gasteiger partial charge in [0.2, 0.25) is 0 Å². The Morgan fingerprint density at radius 3 is 2.37 bits per heavy atom. The minimum Gasteiger partial charge on any atom is -0.299 e. The van der Waals surface area contributed by atoms with Crippen LogP contribution in [0, 0.1) is 24.7 Å². The third kappa shape index (κ3) is 2.97. The van der Waals surface area contributed by atoms with Crippen LogP contribution >= 0.6 is 15.9 Å². The van der Waals surface area contributed by atoms with E-state index < -0.39 is 0 Å². The molecule has 102 valence electrons. The molecule has 0 N–H and O–H groups in total. The molecule has 0 heterocycles. The van der Waals surface area contributed by atoms with Gasteiger partial charge in [-0.2, -0.15) is 0 Å². The van der Waals surface area contributed by atoms with Gasteiger partial charge in [-0.25, -0.2) is 0 Å². The second kappa shape index (κ2) is 5.58. The Kier molecular flexibility index (Phi) is 4.24. The molecule has 0 aliphatic heterocycles. The van der Waals surface area contributed by atoms with Crippen molar-refractivity contribution in [2.24, 2.45) is 17.8 Å². The Morgan fingerprint density at radius 1 is 1.21 bits per heavy atom. The molecule has 1 fully saturated rings. The van der Waals surface area contributed by atoms with Crippen LogP contribution in [0.4, 0.5) is 0 Å². The fourth-order valence-electron chi connectivity index (χ4n) is 2.96. The number of carbonyl (C=O) groups is 2. The number of hydrogen-bond acceptors (Lipinski definition) is 2. The quantitative estimate of drug-likeness (QED) is 0.765. The fourth-order valence-corrected chi connectivity index (χ4v) is 3.32. The van der Waals surface area contributed by atoms with Crippen molar-refractivity contribution >= 4 is 27.5 Å². The average Bonchev–Trinajstić information content (AvgIpc) is 2.37. The van der Waals surface area contributed by atoms with E-state index in [0.717, 1.165) is 15.6 Å². The standard InChI is InChI=1S/C16H19BrO2/c1-9-4-5-13(17)8-14(9)16(19)12-6-10(2)15(18)11(3)7-12/h4-5,8,10-12H,6-7H2,1-3H3. The zero-order valence-corrected chi connectivity index (χ0v) is 13.2. The molecule has 2 nitrogen and oxygen atoms in total. The van der Waals surface area contributed by atoms with Crippen molar-refractivity contribution in [2.75, 3.05) is 0 Å². The van der Waals surface area contributed by atoms with E-state index in [-0.39, 0.29) is 23.5 Å². The van der Waals surface area contributed by atoms with Crippen LogP contribution in [0.25, 0.3) is 0 Å². The molecule has 3 heteroatoms. The van der Waals surface area contributed by atoms with Gasteiger partial charge in [0.1, 0.15) is 5.78 Å². The number of aryl methyl sites for hydroxylation is 1. The summed E-state index contributed by atoms with van der Waals surface area (Å²) in [5.41, 5.74) is 1.79. The molecule has 0 bridgehead atoms. The molecular formula is C16H19BrO2. The summed E-state index contributed by atoms with van der Waals surface area (Å²) in [5.74, 6) is 0.478. The van der Waals surface area contributed by atoms with Crippen molar-refractivity contribution in [2.45, 2.75) is 33.6 Å². The Bertz CT molecular complexity index is 507. The molecule has 1 aliphatic carbocycles. The summed E-state index contributed by atoms with van der Waals surface area (Å²) < 4.78 is 0.925. The molecule has 0 radical (unpaired) electrons. The van der Waals surface area contributed by atoms with Gasteiger partial charge in [-0.15, -0.1) is 0 Å². The summed E-state index contributed by atoms with van der Waals surface area (Å²) in [6, 6.07) is 5.79. The highest BCUT2D eigenvalue weighted by molar-refractivity contribution is 9.10. The minimum absolute atomic E-state index is 0.00478. The van der Waals surface area contributed by atoms with Crippen LogP contribution in [-0.4, -0.2) is 11.6 Å². The number of hydrogen-bond donors (Lipinski definition) is 0. The Balaban J connectivity index is 2.25. The molecule has 1 aromatic rings. The first-order valence-electron chi connectivity index (χ1n) is 6.74. The summed E-state index contributed by atoms with van der Waals surface area (Å²) in [4.78, 5) is 24.5. The van der Waals surface area contributed by atoms with E-state index >= 15 is 0 Å². The monoisotopic (exact) mass is 322 g/mol. The highest BCUT2D eigenvalue weighted by Gasteiger charge is 2.35. The number of ketones is 2. The van der Waals surface area contributed by atoms with Gasteiger partial charge in [-0.05, 0) is 37.5 Å². The van der Waals surface area contributed by atoms with Gasteiger partial charge in [0.25, 0.3) is 0 Å². The normalized spacial score (nSPS) is 27.4. The molecular weight excluding hydrogens is 304 g/mol. The van der Waals surface area contributed by atoms with Crippen molar-refractivity contribution in [1.82, 2.24) is 0 Å². The van der Waals surface area contributed by atoms with Gasteiger partial charge in [0.05, 0.1) is 0 Å². The van der Waals surface area contributed by atoms with Crippen molar-refractivity contribution in [3.05, 3.63) is 33.8 Å². The molecule has 0 saturated heterocycles. The van der Waals surface area contributed by atoms with E-state index in [0.29, 0.717) is 18.6 Å². The average molecular weight is 323 g/mol. The number of Topliss-reactive ketones (excluding diaryl/α,β-unsaturated/α-hetero) is 2. The number of halogens is 1. The third-order valence-corrected chi connectivity index (χ3v) is 4.58. The first-order valence-corrected chi connectivity index (χ1v) is 7.53. The molecule has 2 rings (SSSR count). The Hall–Kier alpha value is -0.960. The zero-order chi connectivity index (χ0) is 14.2. The second-order valence-electron chi connectivity index (χ2n) is 5.70. The number of rotatable bonds is 2. The molecule has 19 heavy (non-hydrogen) atoms. The summed E-state index contributed by atoms with van der Waals surface area (Å²) in [6.07, 6.45) is 1.38. The summed E-state index contributed by atoms with van der Waals surface area (Å²) in [5, 5.41) is 0. The highest BCUT2D eigenvalue weighted by atomic mass is 79.9.